The minimum Gasteiger partial charge on any atom is -0.488 e. The Bertz CT molecular complexity index is 310. The third kappa shape index (κ3) is 2.15. The van der Waals surface area contributed by atoms with Gasteiger partial charge in [-0.25, -0.2) is 8.78 Å². The monoisotopic (exact) mass is 186 g/mol. The van der Waals surface area contributed by atoms with Gasteiger partial charge in [-0.3, -0.25) is 0 Å². The van der Waals surface area contributed by atoms with Crippen molar-refractivity contribution in [2.24, 2.45) is 0 Å². The van der Waals surface area contributed by atoms with Crippen LogP contribution in [0.15, 0.2) is 18.2 Å². The Morgan fingerprint density at radius 3 is 2.85 bits per heavy atom. The fraction of sp³-hybridized carbons (Fsp3) is 0.333. The molecule has 0 spiro atoms. The van der Waals surface area contributed by atoms with Crippen molar-refractivity contribution in [3.05, 3.63) is 29.8 Å². The van der Waals surface area contributed by atoms with E-state index in [0.29, 0.717) is 13.2 Å². The zero-order valence-corrected chi connectivity index (χ0v) is 6.80. The molecular weight excluding hydrogens is 178 g/mol. The molecule has 1 aromatic rings. The molecule has 2 nitrogen and oxygen atoms in total. The molecule has 13 heavy (non-hydrogen) atoms. The molecule has 0 aliphatic carbocycles. The molecule has 0 amide bonds. The molecule has 0 saturated carbocycles. The first kappa shape index (κ1) is 8.44. The second kappa shape index (κ2) is 3.30. The van der Waals surface area contributed by atoms with Gasteiger partial charge in [0.15, 0.2) is 11.6 Å². The minimum atomic E-state index is -0.680. The number of hydrogen-bond acceptors (Lipinski definition) is 2. The fourth-order valence-corrected chi connectivity index (χ4v) is 0.939. The molecule has 0 bridgehead atoms. The van der Waals surface area contributed by atoms with Crippen molar-refractivity contribution in [2.45, 2.75) is 6.10 Å². The molecule has 1 aliphatic rings. The van der Waals surface area contributed by atoms with Crippen molar-refractivity contribution in [1.82, 2.24) is 0 Å². The molecule has 1 unspecified atom stereocenters. The van der Waals surface area contributed by atoms with Gasteiger partial charge in [-0.2, -0.15) is 0 Å². The van der Waals surface area contributed by atoms with Crippen molar-refractivity contribution in [2.75, 3.05) is 13.2 Å². The van der Waals surface area contributed by atoms with E-state index in [1.165, 1.54) is 6.07 Å². The molecule has 1 fully saturated rings. The van der Waals surface area contributed by atoms with E-state index in [1.54, 1.807) is 0 Å². The summed E-state index contributed by atoms with van der Waals surface area (Å²) in [5, 5.41) is 0. The summed E-state index contributed by atoms with van der Waals surface area (Å²) in [5.41, 5.74) is 0. The molecular formula is C9H8F2O2. The van der Waals surface area contributed by atoms with Crippen LogP contribution >= 0.6 is 0 Å². The Balaban J connectivity index is 2.01. The van der Waals surface area contributed by atoms with Gasteiger partial charge in [0, 0.05) is 6.07 Å². The average Bonchev–Trinajstić information content (AvgIpc) is 2.86. The van der Waals surface area contributed by atoms with E-state index in [0.717, 1.165) is 12.1 Å². The first-order chi connectivity index (χ1) is 6.25. The lowest BCUT2D eigenvalue weighted by molar-refractivity contribution is 0.253. The van der Waals surface area contributed by atoms with Gasteiger partial charge in [0.25, 0.3) is 0 Å². The third-order valence-electron chi connectivity index (χ3n) is 1.72. The Labute approximate surface area is 74.1 Å². The van der Waals surface area contributed by atoms with E-state index in [1.807, 2.05) is 0 Å². The second-order valence-electron chi connectivity index (χ2n) is 2.84. The first-order valence-corrected chi connectivity index (χ1v) is 3.95. The van der Waals surface area contributed by atoms with Crippen LogP contribution in [0.4, 0.5) is 8.78 Å². The molecule has 1 aliphatic heterocycles. The summed E-state index contributed by atoms with van der Waals surface area (Å²) in [6, 6.07) is 3.22. The van der Waals surface area contributed by atoms with E-state index < -0.39 is 11.6 Å². The molecule has 0 radical (unpaired) electrons. The standard InChI is InChI=1S/C9H8F2O2/c10-6-1-2-9(8(11)3-6)13-5-7-4-12-7/h1-3,7H,4-5H2. The maximum atomic E-state index is 12.9. The molecule has 1 heterocycles. The summed E-state index contributed by atoms with van der Waals surface area (Å²) in [5.74, 6) is -1.22. The second-order valence-corrected chi connectivity index (χ2v) is 2.84. The highest BCUT2D eigenvalue weighted by molar-refractivity contribution is 5.24. The smallest absolute Gasteiger partial charge is 0.167 e. The highest BCUT2D eigenvalue weighted by atomic mass is 19.1. The molecule has 70 valence electrons. The SMILES string of the molecule is Fc1ccc(OCC2CO2)c(F)c1. The van der Waals surface area contributed by atoms with E-state index >= 15 is 0 Å². The largest absolute Gasteiger partial charge is 0.488 e. The number of benzene rings is 1. The van der Waals surface area contributed by atoms with Gasteiger partial charge < -0.3 is 9.47 Å². The highest BCUT2D eigenvalue weighted by Crippen LogP contribution is 2.19. The Morgan fingerprint density at radius 1 is 1.46 bits per heavy atom. The van der Waals surface area contributed by atoms with E-state index in [9.17, 15) is 8.78 Å². The van der Waals surface area contributed by atoms with E-state index in [4.69, 9.17) is 9.47 Å². The summed E-state index contributed by atoms with van der Waals surface area (Å²) in [6.07, 6.45) is 0.0736. The summed E-state index contributed by atoms with van der Waals surface area (Å²) in [7, 11) is 0. The van der Waals surface area contributed by atoms with Crippen LogP contribution < -0.4 is 4.74 Å². The van der Waals surface area contributed by atoms with Crippen molar-refractivity contribution < 1.29 is 18.3 Å². The molecule has 1 atom stereocenters. The lowest BCUT2D eigenvalue weighted by Gasteiger charge is -2.04. The number of halogens is 2. The van der Waals surface area contributed by atoms with Crippen molar-refractivity contribution in [1.29, 1.82) is 0 Å². The molecule has 4 heteroatoms. The lowest BCUT2D eigenvalue weighted by atomic mass is 10.3. The number of epoxide rings is 1. The molecule has 0 aromatic heterocycles. The summed E-state index contributed by atoms with van der Waals surface area (Å²) >= 11 is 0. The van der Waals surface area contributed by atoms with Crippen molar-refractivity contribution in [3.8, 4) is 5.75 Å². The van der Waals surface area contributed by atoms with Gasteiger partial charge >= 0.3 is 0 Å². The van der Waals surface area contributed by atoms with Crippen LogP contribution in [0.1, 0.15) is 0 Å². The number of hydrogen-bond donors (Lipinski definition) is 0. The Kier molecular flexibility index (Phi) is 2.14. The summed E-state index contributed by atoms with van der Waals surface area (Å²) in [6.45, 7) is 0.978. The quantitative estimate of drug-likeness (QED) is 0.670. The van der Waals surface area contributed by atoms with Crippen molar-refractivity contribution in [3.63, 3.8) is 0 Å². The van der Waals surface area contributed by atoms with Gasteiger partial charge in [0.2, 0.25) is 0 Å². The molecule has 0 N–H and O–H groups in total. The lowest BCUT2D eigenvalue weighted by Crippen LogP contribution is -2.05. The predicted octanol–water partition coefficient (Wildman–Crippen LogP) is 1.74. The normalized spacial score (nSPS) is 20.0. The van der Waals surface area contributed by atoms with Gasteiger partial charge in [0.1, 0.15) is 18.5 Å². The summed E-state index contributed by atoms with van der Waals surface area (Å²) < 4.78 is 35.3. The molecule has 1 saturated heterocycles. The van der Waals surface area contributed by atoms with Crippen LogP contribution in [0.25, 0.3) is 0 Å². The minimum absolute atomic E-state index is 0.0666. The van der Waals surface area contributed by atoms with Crippen LogP contribution in [0, 0.1) is 11.6 Å². The van der Waals surface area contributed by atoms with Crippen LogP contribution in [0.3, 0.4) is 0 Å². The topological polar surface area (TPSA) is 21.8 Å². The first-order valence-electron chi connectivity index (χ1n) is 3.95. The van der Waals surface area contributed by atoms with E-state index in [2.05, 4.69) is 0 Å². The van der Waals surface area contributed by atoms with Gasteiger partial charge in [-0.1, -0.05) is 0 Å². The summed E-state index contributed by atoms with van der Waals surface area (Å²) in [4.78, 5) is 0. The highest BCUT2D eigenvalue weighted by Gasteiger charge is 2.23. The van der Waals surface area contributed by atoms with Gasteiger partial charge in [0.05, 0.1) is 6.61 Å². The van der Waals surface area contributed by atoms with Crippen LogP contribution in [-0.2, 0) is 4.74 Å². The van der Waals surface area contributed by atoms with Gasteiger partial charge in [-0.15, -0.1) is 0 Å². The van der Waals surface area contributed by atoms with Crippen LogP contribution in [-0.4, -0.2) is 19.3 Å². The average molecular weight is 186 g/mol. The number of rotatable bonds is 3. The van der Waals surface area contributed by atoms with Crippen molar-refractivity contribution >= 4 is 0 Å². The fourth-order valence-electron chi connectivity index (χ4n) is 0.939. The third-order valence-corrected chi connectivity index (χ3v) is 1.72. The predicted molar refractivity (Wildman–Crippen MR) is 41.6 cm³/mol. The van der Waals surface area contributed by atoms with Gasteiger partial charge in [-0.05, 0) is 12.1 Å². The molecule has 1 aromatic carbocycles. The maximum absolute atomic E-state index is 12.9. The Hall–Kier alpha value is -1.16. The Morgan fingerprint density at radius 2 is 2.23 bits per heavy atom. The van der Waals surface area contributed by atoms with E-state index in [-0.39, 0.29) is 11.9 Å². The number of ether oxygens (including phenoxy) is 2. The zero-order valence-electron chi connectivity index (χ0n) is 6.80. The maximum Gasteiger partial charge on any atom is 0.167 e. The van der Waals surface area contributed by atoms with Crippen LogP contribution in [0.5, 0.6) is 5.75 Å². The van der Waals surface area contributed by atoms with Crippen LogP contribution in [0.2, 0.25) is 0 Å². The molecule has 2 rings (SSSR count). The zero-order chi connectivity index (χ0) is 9.26.